The van der Waals surface area contributed by atoms with Gasteiger partial charge in [0.2, 0.25) is 5.91 Å². The summed E-state index contributed by atoms with van der Waals surface area (Å²) in [4.78, 5) is 23.4. The number of likely N-dealkylation sites (N-methyl/N-ethyl adjacent to an activating group) is 1. The Morgan fingerprint density at radius 1 is 0.412 bits per heavy atom. The lowest BCUT2D eigenvalue weighted by atomic mass is 10.0. The lowest BCUT2D eigenvalue weighted by Crippen LogP contribution is -2.45. The highest BCUT2D eigenvalue weighted by Crippen LogP contribution is 2.43. The quantitative estimate of drug-likeness (QED) is 0.0243. The number of quaternary nitrogens is 1. The fourth-order valence-electron chi connectivity index (χ4n) is 10.5. The van der Waals surface area contributed by atoms with Gasteiger partial charge in [-0.1, -0.05) is 329 Å². The molecule has 0 aromatic carbocycles. The van der Waals surface area contributed by atoms with E-state index in [0.717, 1.165) is 77.0 Å². The Morgan fingerprint density at radius 2 is 0.718 bits per heavy atom. The van der Waals surface area contributed by atoms with Crippen molar-refractivity contribution in [1.82, 2.24) is 5.32 Å². The maximum Gasteiger partial charge on any atom is 0.472 e. The van der Waals surface area contributed by atoms with E-state index in [1.54, 1.807) is 6.08 Å². The Bertz CT molecular complexity index is 1710. The first-order valence-electron chi connectivity index (χ1n) is 36.1. The van der Waals surface area contributed by atoms with Gasteiger partial charge in [0.15, 0.2) is 0 Å². The van der Waals surface area contributed by atoms with Crippen LogP contribution in [0.15, 0.2) is 97.2 Å². The predicted octanol–water partition coefficient (Wildman–Crippen LogP) is 23.3. The molecular formula is C76H140N2O6P+. The van der Waals surface area contributed by atoms with Crippen molar-refractivity contribution in [1.29, 1.82) is 0 Å². The summed E-state index contributed by atoms with van der Waals surface area (Å²) in [5, 5.41) is 14.0. The molecule has 1 amide bonds. The molecule has 9 heteroatoms. The summed E-state index contributed by atoms with van der Waals surface area (Å²) in [6.07, 6.45) is 95.7. The summed E-state index contributed by atoms with van der Waals surface area (Å²) >= 11 is 0. The van der Waals surface area contributed by atoms with Crippen LogP contribution in [0.25, 0.3) is 0 Å². The average Bonchev–Trinajstić information content (AvgIpc) is 3.48. The average molecular weight is 1210 g/mol. The highest BCUT2D eigenvalue weighted by molar-refractivity contribution is 7.47. The van der Waals surface area contributed by atoms with Crippen LogP contribution in [0, 0.1) is 0 Å². The molecule has 0 bridgehead atoms. The third-order valence-electron chi connectivity index (χ3n) is 16.0. The number of carbonyl (C=O) groups excluding carboxylic acids is 1. The van der Waals surface area contributed by atoms with Crippen molar-refractivity contribution in [2.45, 2.75) is 341 Å². The minimum atomic E-state index is -4.37. The highest BCUT2D eigenvalue weighted by atomic mass is 31.2. The monoisotopic (exact) mass is 1210 g/mol. The SMILES string of the molecule is CC/C=C\C/C=C\C/C=C\C/C=C\C/C=C\CCCCCCCCCCCCCCCCCCCCCC(=O)NC(COP(=O)(O)OCC[N+](C)(C)C)C(O)/C=C/CC/C=C/CC/C=C/CCCCCCCCCCCCCCCCCCCC. The first-order chi connectivity index (χ1) is 41.5. The molecule has 0 rings (SSSR count). The summed E-state index contributed by atoms with van der Waals surface area (Å²) in [5.74, 6) is -0.188. The van der Waals surface area contributed by atoms with E-state index in [9.17, 15) is 19.4 Å². The van der Waals surface area contributed by atoms with Crippen molar-refractivity contribution in [2.75, 3.05) is 40.9 Å². The molecule has 3 atom stereocenters. The van der Waals surface area contributed by atoms with Crippen LogP contribution in [-0.2, 0) is 18.4 Å². The number of aliphatic hydroxyl groups is 1. The number of carbonyl (C=O) groups is 1. The number of phosphoric ester groups is 1. The van der Waals surface area contributed by atoms with Gasteiger partial charge in [0.25, 0.3) is 0 Å². The van der Waals surface area contributed by atoms with Gasteiger partial charge in [-0.15, -0.1) is 0 Å². The first-order valence-corrected chi connectivity index (χ1v) is 37.6. The summed E-state index contributed by atoms with van der Waals surface area (Å²) < 4.78 is 23.8. The molecule has 0 heterocycles. The van der Waals surface area contributed by atoms with Gasteiger partial charge in [0.05, 0.1) is 39.9 Å². The Hall–Kier alpha value is -2.58. The predicted molar refractivity (Wildman–Crippen MR) is 373 cm³/mol. The molecule has 0 saturated carbocycles. The molecule has 85 heavy (non-hydrogen) atoms. The molecule has 0 aliphatic rings. The molecule has 494 valence electrons. The number of unbranched alkanes of at least 4 members (excludes halogenated alkanes) is 39. The number of rotatable bonds is 66. The van der Waals surface area contributed by atoms with Crippen molar-refractivity contribution >= 4 is 13.7 Å². The molecule has 0 aromatic rings. The zero-order chi connectivity index (χ0) is 61.9. The minimum absolute atomic E-state index is 0.0516. The van der Waals surface area contributed by atoms with Gasteiger partial charge in [-0.2, -0.15) is 0 Å². The summed E-state index contributed by atoms with van der Waals surface area (Å²) in [7, 11) is 1.55. The largest absolute Gasteiger partial charge is 0.472 e. The maximum atomic E-state index is 13.1. The van der Waals surface area contributed by atoms with Crippen molar-refractivity contribution in [3.05, 3.63) is 97.2 Å². The molecule has 0 radical (unpaired) electrons. The first kappa shape index (κ1) is 82.4. The van der Waals surface area contributed by atoms with Crippen molar-refractivity contribution in [3.8, 4) is 0 Å². The van der Waals surface area contributed by atoms with Crippen LogP contribution < -0.4 is 5.32 Å². The number of hydrogen-bond donors (Lipinski definition) is 3. The third kappa shape index (κ3) is 68.8. The Labute approximate surface area is 528 Å². The Balaban J connectivity index is 4.09. The van der Waals surface area contributed by atoms with Crippen LogP contribution >= 0.6 is 7.82 Å². The summed E-state index contributed by atoms with van der Waals surface area (Å²) in [6.45, 7) is 4.71. The second-order valence-electron chi connectivity index (χ2n) is 25.6. The molecule has 0 fully saturated rings. The molecule has 0 aromatic heterocycles. The number of nitrogens with one attached hydrogen (secondary N) is 1. The van der Waals surface area contributed by atoms with Crippen molar-refractivity contribution in [2.24, 2.45) is 0 Å². The molecule has 0 aliphatic heterocycles. The van der Waals surface area contributed by atoms with Gasteiger partial charge in [0.1, 0.15) is 13.2 Å². The van der Waals surface area contributed by atoms with E-state index >= 15 is 0 Å². The Kier molecular flexibility index (Phi) is 63.9. The molecule has 3 N–H and O–H groups in total. The number of amides is 1. The number of hydrogen-bond acceptors (Lipinski definition) is 5. The molecule has 0 aliphatic carbocycles. The smallest absolute Gasteiger partial charge is 0.387 e. The lowest BCUT2D eigenvalue weighted by molar-refractivity contribution is -0.870. The van der Waals surface area contributed by atoms with Gasteiger partial charge >= 0.3 is 7.82 Å². The molecule has 0 saturated heterocycles. The number of aliphatic hydroxyl groups excluding tert-OH is 1. The van der Waals surface area contributed by atoms with Crippen LogP contribution in [0.4, 0.5) is 0 Å². The van der Waals surface area contributed by atoms with E-state index in [1.807, 2.05) is 27.2 Å². The van der Waals surface area contributed by atoms with Gasteiger partial charge in [0, 0.05) is 6.42 Å². The van der Waals surface area contributed by atoms with Crippen LogP contribution in [0.2, 0.25) is 0 Å². The van der Waals surface area contributed by atoms with E-state index in [2.05, 4.69) is 104 Å². The maximum absolute atomic E-state index is 13.1. The minimum Gasteiger partial charge on any atom is -0.387 e. The fourth-order valence-corrected chi connectivity index (χ4v) is 11.2. The van der Waals surface area contributed by atoms with Gasteiger partial charge in [-0.05, 0) is 89.9 Å². The fraction of sp³-hybridized carbons (Fsp3) is 0.776. The van der Waals surface area contributed by atoms with Gasteiger partial charge in [-0.3, -0.25) is 13.8 Å². The zero-order valence-corrected chi connectivity index (χ0v) is 57.5. The lowest BCUT2D eigenvalue weighted by Gasteiger charge is -2.25. The van der Waals surface area contributed by atoms with E-state index in [-0.39, 0.29) is 19.1 Å². The van der Waals surface area contributed by atoms with Crippen LogP contribution in [0.5, 0.6) is 0 Å². The summed E-state index contributed by atoms with van der Waals surface area (Å²) in [6, 6.07) is -0.875. The highest BCUT2D eigenvalue weighted by Gasteiger charge is 2.28. The molecule has 3 unspecified atom stereocenters. The standard InChI is InChI=1S/C76H139N2O6P/c1-6-8-10-12-14-16-18-20-22-24-26-28-30-32-34-36-37-38-39-40-41-42-44-46-48-50-52-54-56-58-60-62-64-66-68-70-76(80)77-74(73-84-85(81,82)83-72-71-78(3,4)5)75(79)69-67-65-63-61-59-57-55-53-51-49-47-45-43-35-33-31-29-27-25-23-21-19-17-15-13-11-9-7-2/h8,10,14,16,20,22,26,28,32,34,51,53,59,61,67,69,74-75,79H,6-7,9,11-13,15,17-19,21,23-25,27,29-31,33,35-50,52,54-58,60,62-66,68,70-73H2,1-5H3,(H-,77,80,81,82)/p+1/b10-8-,16-14-,22-20-,28-26-,34-32-,53-51+,61-59+,69-67+. The van der Waals surface area contributed by atoms with E-state index in [0.29, 0.717) is 17.4 Å². The summed E-state index contributed by atoms with van der Waals surface area (Å²) in [5.41, 5.74) is 0. The second kappa shape index (κ2) is 65.9. The topological polar surface area (TPSA) is 105 Å². The number of phosphoric acid groups is 1. The third-order valence-corrected chi connectivity index (χ3v) is 17.0. The van der Waals surface area contributed by atoms with Gasteiger partial charge in [-0.25, -0.2) is 4.57 Å². The molecule has 8 nitrogen and oxygen atoms in total. The number of nitrogens with zero attached hydrogens (tertiary/aromatic N) is 1. The van der Waals surface area contributed by atoms with Crippen molar-refractivity contribution < 1.29 is 32.9 Å². The molecular weight excluding hydrogens is 1070 g/mol. The van der Waals surface area contributed by atoms with E-state index in [1.165, 1.54) is 231 Å². The molecule has 0 spiro atoms. The van der Waals surface area contributed by atoms with Crippen LogP contribution in [0.3, 0.4) is 0 Å². The zero-order valence-electron chi connectivity index (χ0n) is 56.6. The van der Waals surface area contributed by atoms with Crippen molar-refractivity contribution in [3.63, 3.8) is 0 Å². The normalized spacial score (nSPS) is 14.2. The van der Waals surface area contributed by atoms with E-state index in [4.69, 9.17) is 9.05 Å². The Morgan fingerprint density at radius 3 is 1.08 bits per heavy atom. The second-order valence-corrected chi connectivity index (χ2v) is 27.0. The van der Waals surface area contributed by atoms with Crippen LogP contribution in [-0.4, -0.2) is 73.4 Å². The van der Waals surface area contributed by atoms with Gasteiger partial charge < -0.3 is 19.8 Å². The number of allylic oxidation sites excluding steroid dienone is 15. The van der Waals surface area contributed by atoms with Crippen LogP contribution in [0.1, 0.15) is 328 Å². The van der Waals surface area contributed by atoms with E-state index < -0.39 is 20.0 Å².